The summed E-state index contributed by atoms with van der Waals surface area (Å²) >= 11 is 1.66. The van der Waals surface area contributed by atoms with Crippen molar-refractivity contribution in [3.63, 3.8) is 0 Å². The molecule has 0 aromatic carbocycles. The highest BCUT2D eigenvalue weighted by atomic mass is 32.1. The molecule has 1 N–H and O–H groups in total. The second-order valence-electron chi connectivity index (χ2n) is 7.61. The van der Waals surface area contributed by atoms with Crippen molar-refractivity contribution in [2.24, 2.45) is 5.92 Å². The lowest BCUT2D eigenvalue weighted by atomic mass is 9.88. The molecule has 2 aliphatic rings. The summed E-state index contributed by atoms with van der Waals surface area (Å²) in [5, 5.41) is 6.50. The summed E-state index contributed by atoms with van der Waals surface area (Å²) in [6, 6.07) is 0. The van der Waals surface area contributed by atoms with E-state index in [1.807, 2.05) is 6.92 Å². The number of nitrogens with zero attached hydrogens (tertiary/aromatic N) is 2. The Morgan fingerprint density at radius 2 is 2.04 bits per heavy atom. The number of carbonyl (C=O) groups excluding carboxylic acids is 2. The summed E-state index contributed by atoms with van der Waals surface area (Å²) < 4.78 is 0. The first-order valence-electron chi connectivity index (χ1n) is 9.70. The molecule has 1 saturated heterocycles. The van der Waals surface area contributed by atoms with Gasteiger partial charge in [0, 0.05) is 24.2 Å². The van der Waals surface area contributed by atoms with E-state index in [0.29, 0.717) is 13.1 Å². The molecule has 2 amide bonds. The van der Waals surface area contributed by atoms with Gasteiger partial charge in [-0.2, -0.15) is 0 Å². The monoisotopic (exact) mass is 375 g/mol. The van der Waals surface area contributed by atoms with Crippen molar-refractivity contribution < 1.29 is 9.59 Å². The molecule has 0 bridgehead atoms. The zero-order chi connectivity index (χ0) is 18.6. The van der Waals surface area contributed by atoms with E-state index in [0.717, 1.165) is 49.2 Å². The van der Waals surface area contributed by atoms with Crippen LogP contribution in [-0.2, 0) is 15.1 Å². The molecule has 6 heteroatoms. The Kier molecular flexibility index (Phi) is 6.12. The molecule has 0 spiro atoms. The first kappa shape index (κ1) is 19.1. The van der Waals surface area contributed by atoms with Crippen LogP contribution in [0.15, 0.2) is 18.0 Å². The van der Waals surface area contributed by atoms with Gasteiger partial charge < -0.3 is 10.2 Å². The lowest BCUT2D eigenvalue weighted by Crippen LogP contribution is -2.51. The molecule has 1 saturated carbocycles. The predicted molar refractivity (Wildman–Crippen MR) is 104 cm³/mol. The van der Waals surface area contributed by atoms with Crippen LogP contribution in [0.25, 0.3) is 0 Å². The van der Waals surface area contributed by atoms with Gasteiger partial charge in [-0.25, -0.2) is 4.98 Å². The quantitative estimate of drug-likeness (QED) is 0.647. The maximum Gasteiger partial charge on any atom is 0.245 e. The lowest BCUT2D eigenvalue weighted by molar-refractivity contribution is -0.133. The van der Waals surface area contributed by atoms with E-state index in [4.69, 9.17) is 4.98 Å². The summed E-state index contributed by atoms with van der Waals surface area (Å²) in [6.45, 7) is 6.77. The van der Waals surface area contributed by atoms with Gasteiger partial charge in [0.2, 0.25) is 11.8 Å². The minimum atomic E-state index is -0.336. The Labute approximate surface area is 159 Å². The van der Waals surface area contributed by atoms with Crippen LogP contribution in [0, 0.1) is 12.8 Å². The number of amides is 2. The second kappa shape index (κ2) is 8.33. The molecule has 0 radical (unpaired) electrons. The van der Waals surface area contributed by atoms with Gasteiger partial charge in [-0.3, -0.25) is 9.59 Å². The summed E-state index contributed by atoms with van der Waals surface area (Å²) in [6.07, 6.45) is 9.60. The second-order valence-corrected chi connectivity index (χ2v) is 8.47. The van der Waals surface area contributed by atoms with E-state index in [1.54, 1.807) is 16.2 Å². The van der Waals surface area contributed by atoms with Crippen LogP contribution in [0.5, 0.6) is 0 Å². The number of aryl methyl sites for hydroxylation is 1. The fourth-order valence-electron chi connectivity index (χ4n) is 4.16. The van der Waals surface area contributed by atoms with Crippen LogP contribution in [0.1, 0.15) is 62.1 Å². The Balaban J connectivity index is 1.77. The highest BCUT2D eigenvalue weighted by Crippen LogP contribution is 2.38. The number of likely N-dealkylation sites (tertiary alicyclic amines) is 1. The molecular formula is C20H29N3O2S. The largest absolute Gasteiger partial charge is 0.344 e. The van der Waals surface area contributed by atoms with E-state index in [-0.39, 0.29) is 23.3 Å². The predicted octanol–water partition coefficient (Wildman–Crippen LogP) is 3.54. The van der Waals surface area contributed by atoms with Gasteiger partial charge in [0.05, 0.1) is 11.5 Å². The van der Waals surface area contributed by atoms with Crippen molar-refractivity contribution in [1.29, 1.82) is 0 Å². The molecule has 1 aliphatic heterocycles. The van der Waals surface area contributed by atoms with E-state index in [1.165, 1.54) is 18.9 Å². The molecule has 2 heterocycles. The molecule has 26 heavy (non-hydrogen) atoms. The molecule has 5 nitrogen and oxygen atoms in total. The fourth-order valence-corrected chi connectivity index (χ4v) is 5.17. The van der Waals surface area contributed by atoms with Crippen molar-refractivity contribution in [1.82, 2.24) is 15.2 Å². The van der Waals surface area contributed by atoms with E-state index in [9.17, 15) is 9.59 Å². The van der Waals surface area contributed by atoms with Gasteiger partial charge in [-0.15, -0.1) is 11.3 Å². The third kappa shape index (κ3) is 4.17. The maximum absolute atomic E-state index is 13.1. The number of hydrogen-bond donors (Lipinski definition) is 1. The third-order valence-electron chi connectivity index (χ3n) is 5.63. The third-order valence-corrected chi connectivity index (χ3v) is 6.79. The zero-order valence-electron chi connectivity index (χ0n) is 15.6. The van der Waals surface area contributed by atoms with Gasteiger partial charge in [-0.05, 0) is 38.7 Å². The number of piperidine rings is 1. The average Bonchev–Trinajstić information content (AvgIpc) is 2.96. The van der Waals surface area contributed by atoms with E-state index in [2.05, 4.69) is 17.3 Å². The number of thiazole rings is 1. The normalized spacial score (nSPS) is 23.1. The number of aromatic nitrogens is 1. The summed E-state index contributed by atoms with van der Waals surface area (Å²) in [4.78, 5) is 31.5. The van der Waals surface area contributed by atoms with Crippen molar-refractivity contribution in [3.8, 4) is 0 Å². The molecule has 1 atom stereocenters. The molecular weight excluding hydrogens is 346 g/mol. The number of carbonyl (C=O) groups is 2. The van der Waals surface area contributed by atoms with Crippen molar-refractivity contribution in [3.05, 3.63) is 28.7 Å². The number of hydrogen-bond acceptors (Lipinski definition) is 4. The highest BCUT2D eigenvalue weighted by molar-refractivity contribution is 7.09. The van der Waals surface area contributed by atoms with Crippen molar-refractivity contribution >= 4 is 23.2 Å². The highest BCUT2D eigenvalue weighted by Gasteiger charge is 2.39. The van der Waals surface area contributed by atoms with Crippen LogP contribution < -0.4 is 5.32 Å². The molecule has 2 fully saturated rings. The Morgan fingerprint density at radius 3 is 2.65 bits per heavy atom. The molecule has 1 aromatic heterocycles. The molecule has 1 aliphatic carbocycles. The molecule has 1 aromatic rings. The number of nitrogens with one attached hydrogen (secondary N) is 1. The standard InChI is InChI=1S/C20H29N3O2S/c1-3-17(24)23-12-8-9-16(13-23)18(25)22-20(10-6-4-5-7-11-20)19-21-15(2)14-26-19/h3,14,16H,1,4-13H2,2H3,(H,22,25). The lowest BCUT2D eigenvalue weighted by Gasteiger charge is -2.36. The molecule has 3 rings (SSSR count). The van der Waals surface area contributed by atoms with Crippen LogP contribution >= 0.6 is 11.3 Å². The fraction of sp³-hybridized carbons (Fsp3) is 0.650. The van der Waals surface area contributed by atoms with E-state index >= 15 is 0 Å². The van der Waals surface area contributed by atoms with Gasteiger partial charge in [0.1, 0.15) is 5.01 Å². The number of rotatable bonds is 4. The zero-order valence-corrected chi connectivity index (χ0v) is 16.4. The van der Waals surface area contributed by atoms with Crippen molar-refractivity contribution in [2.45, 2.75) is 63.8 Å². The van der Waals surface area contributed by atoms with Crippen molar-refractivity contribution in [2.75, 3.05) is 13.1 Å². The van der Waals surface area contributed by atoms with E-state index < -0.39 is 0 Å². The van der Waals surface area contributed by atoms with Crippen LogP contribution in [0.2, 0.25) is 0 Å². The first-order valence-corrected chi connectivity index (χ1v) is 10.6. The Bertz CT molecular complexity index is 662. The Hall–Kier alpha value is -1.69. The Morgan fingerprint density at radius 1 is 1.31 bits per heavy atom. The summed E-state index contributed by atoms with van der Waals surface area (Å²) in [5.41, 5.74) is 0.681. The van der Waals surface area contributed by atoms with Gasteiger partial charge in [0.25, 0.3) is 0 Å². The SMILES string of the molecule is C=CC(=O)N1CCCC(C(=O)NC2(c3nc(C)cs3)CCCCCC2)C1. The minimum absolute atomic E-state index is 0.0707. The van der Waals surface area contributed by atoms with Crippen LogP contribution in [0.4, 0.5) is 0 Å². The smallest absolute Gasteiger partial charge is 0.245 e. The van der Waals surface area contributed by atoms with Gasteiger partial charge in [-0.1, -0.05) is 32.3 Å². The summed E-state index contributed by atoms with van der Waals surface area (Å²) in [5.74, 6) is -0.155. The summed E-state index contributed by atoms with van der Waals surface area (Å²) in [7, 11) is 0. The van der Waals surface area contributed by atoms with Crippen LogP contribution in [-0.4, -0.2) is 34.8 Å². The average molecular weight is 376 g/mol. The molecule has 142 valence electrons. The van der Waals surface area contributed by atoms with Crippen LogP contribution in [0.3, 0.4) is 0 Å². The molecule has 1 unspecified atom stereocenters. The maximum atomic E-state index is 13.1. The topological polar surface area (TPSA) is 62.3 Å². The first-order chi connectivity index (χ1) is 12.5. The van der Waals surface area contributed by atoms with Gasteiger partial charge in [0.15, 0.2) is 0 Å². The minimum Gasteiger partial charge on any atom is -0.344 e. The van der Waals surface area contributed by atoms with Gasteiger partial charge >= 0.3 is 0 Å².